The van der Waals surface area contributed by atoms with Gasteiger partial charge in [0.15, 0.2) is 0 Å². The highest BCUT2D eigenvalue weighted by Gasteiger charge is 2.46. The van der Waals surface area contributed by atoms with E-state index in [4.69, 9.17) is 4.74 Å². The number of aliphatic hydroxyl groups is 1. The first-order valence-corrected chi connectivity index (χ1v) is 9.59. The first-order chi connectivity index (χ1) is 11.7. The monoisotopic (exact) mass is 463 g/mol. The number of hydrogen-bond acceptors (Lipinski definition) is 4. The van der Waals surface area contributed by atoms with E-state index in [1.54, 1.807) is 20.8 Å². The molecule has 1 aromatic rings. The molecule has 26 heavy (non-hydrogen) atoms. The molecule has 1 rings (SSSR count). The molecule has 2 N–H and O–H groups in total. The quantitative estimate of drug-likeness (QED) is 0.476. The minimum atomic E-state index is -4.63. The number of ether oxygens (including phenoxy) is 1. The van der Waals surface area contributed by atoms with Gasteiger partial charge in [-0.25, -0.2) is 4.39 Å². The highest BCUT2D eigenvalue weighted by atomic mass is 79.9. The lowest BCUT2D eigenvalue weighted by molar-refractivity contribution is -0.196. The lowest BCUT2D eigenvalue weighted by atomic mass is 9.87. The summed E-state index contributed by atoms with van der Waals surface area (Å²) in [5.74, 6) is -0.733. The van der Waals surface area contributed by atoms with Crippen molar-refractivity contribution in [1.29, 1.82) is 0 Å². The second kappa shape index (κ2) is 8.74. The second-order valence-electron chi connectivity index (χ2n) is 6.91. The standard InChI is InChI=1S/C16H22BrF4NO3S/c1-14(2,3)26(24)22-15(4,11-7-10(17)5-6-12(11)18)13(8-23)25-9-16(19,20)21/h5-7,13,22-23H,8-9H2,1-4H3. The van der Waals surface area contributed by atoms with Crippen LogP contribution in [0.1, 0.15) is 33.3 Å². The van der Waals surface area contributed by atoms with Gasteiger partial charge in [0.25, 0.3) is 0 Å². The third kappa shape index (κ3) is 6.35. The van der Waals surface area contributed by atoms with Crippen molar-refractivity contribution in [2.45, 2.75) is 50.3 Å². The van der Waals surface area contributed by atoms with Crippen LogP contribution in [-0.2, 0) is 21.6 Å². The summed E-state index contributed by atoms with van der Waals surface area (Å²) in [7, 11) is 0. The number of rotatable bonds is 7. The van der Waals surface area contributed by atoms with Gasteiger partial charge in [0, 0.05) is 21.4 Å². The molecule has 0 bridgehead atoms. The van der Waals surface area contributed by atoms with Crippen LogP contribution in [-0.4, -0.2) is 39.9 Å². The predicted octanol–water partition coefficient (Wildman–Crippen LogP) is 3.80. The van der Waals surface area contributed by atoms with Gasteiger partial charge in [0.2, 0.25) is 0 Å². The van der Waals surface area contributed by atoms with Crippen LogP contribution in [0.2, 0.25) is 0 Å². The maximum Gasteiger partial charge on any atom is 0.411 e. The van der Waals surface area contributed by atoms with Gasteiger partial charge < -0.3 is 14.4 Å². The van der Waals surface area contributed by atoms with Gasteiger partial charge in [0.1, 0.15) is 28.8 Å². The highest BCUT2D eigenvalue weighted by molar-refractivity contribution is 9.10. The highest BCUT2D eigenvalue weighted by Crippen LogP contribution is 2.34. The summed E-state index contributed by atoms with van der Waals surface area (Å²) in [6, 6.07) is 3.89. The maximum absolute atomic E-state index is 14.5. The zero-order valence-electron chi connectivity index (χ0n) is 14.8. The van der Waals surface area contributed by atoms with Gasteiger partial charge in [-0.2, -0.15) is 13.2 Å². The van der Waals surface area contributed by atoms with Crippen LogP contribution in [0.3, 0.4) is 0 Å². The summed E-state index contributed by atoms with van der Waals surface area (Å²) in [5.41, 5.74) is -1.77. The van der Waals surface area contributed by atoms with E-state index < -0.39 is 53.0 Å². The molecule has 0 radical (unpaired) electrons. The number of hydrogen-bond donors (Lipinski definition) is 2. The molecule has 0 fully saturated rings. The number of aliphatic hydroxyl groups excluding tert-OH is 1. The average molecular weight is 464 g/mol. The van der Waals surface area contributed by atoms with Crippen LogP contribution in [0, 0.1) is 5.82 Å². The fourth-order valence-corrected chi connectivity index (χ4v) is 3.43. The Bertz CT molecular complexity index is 612. The molecule has 4 nitrogen and oxygen atoms in total. The van der Waals surface area contributed by atoms with E-state index in [2.05, 4.69) is 20.7 Å². The van der Waals surface area contributed by atoms with Gasteiger partial charge in [-0.1, -0.05) is 15.9 Å². The van der Waals surface area contributed by atoms with Gasteiger partial charge in [-0.15, -0.1) is 4.72 Å². The molecule has 0 saturated heterocycles. The SMILES string of the molecule is CC(N[S+]([O-])C(C)(C)C)(c1cc(Br)ccc1F)C(CO)OCC(F)(F)F. The van der Waals surface area contributed by atoms with E-state index in [1.165, 1.54) is 19.1 Å². The largest absolute Gasteiger partial charge is 0.598 e. The van der Waals surface area contributed by atoms with Crippen molar-refractivity contribution in [3.05, 3.63) is 34.1 Å². The average Bonchev–Trinajstić information content (AvgIpc) is 2.48. The Labute approximate surface area is 161 Å². The lowest BCUT2D eigenvalue weighted by Gasteiger charge is -2.39. The molecule has 3 atom stereocenters. The lowest BCUT2D eigenvalue weighted by Crippen LogP contribution is -2.58. The number of benzene rings is 1. The molecular formula is C16H22BrF4NO3S. The first kappa shape index (κ1) is 23.6. The first-order valence-electron chi connectivity index (χ1n) is 7.65. The number of nitrogens with one attached hydrogen (secondary N) is 1. The van der Waals surface area contributed by atoms with E-state index in [9.17, 15) is 27.2 Å². The van der Waals surface area contributed by atoms with Crippen LogP contribution in [0.25, 0.3) is 0 Å². The minimum absolute atomic E-state index is 0.0781. The Kier molecular flexibility index (Phi) is 7.95. The topological polar surface area (TPSA) is 64.5 Å². The van der Waals surface area contributed by atoms with Crippen LogP contribution in [0.15, 0.2) is 22.7 Å². The minimum Gasteiger partial charge on any atom is -0.598 e. The molecule has 0 spiro atoms. The fraction of sp³-hybridized carbons (Fsp3) is 0.625. The third-order valence-corrected chi connectivity index (χ3v) is 5.82. The van der Waals surface area contributed by atoms with Crippen LogP contribution in [0.5, 0.6) is 0 Å². The van der Waals surface area contributed by atoms with Crippen molar-refractivity contribution in [3.63, 3.8) is 0 Å². The van der Waals surface area contributed by atoms with Gasteiger partial charge in [-0.3, -0.25) is 0 Å². The molecule has 1 aromatic carbocycles. The molecule has 0 aliphatic carbocycles. The second-order valence-corrected chi connectivity index (χ2v) is 9.79. The molecular weight excluding hydrogens is 442 g/mol. The van der Waals surface area contributed by atoms with Crippen LogP contribution in [0.4, 0.5) is 17.6 Å². The van der Waals surface area contributed by atoms with E-state index in [0.717, 1.165) is 6.07 Å². The van der Waals surface area contributed by atoms with E-state index in [-0.39, 0.29) is 5.56 Å². The molecule has 0 amide bonds. The molecule has 0 aromatic heterocycles. The Morgan fingerprint density at radius 3 is 2.31 bits per heavy atom. The zero-order valence-corrected chi connectivity index (χ0v) is 17.2. The van der Waals surface area contributed by atoms with Crippen molar-refractivity contribution >= 4 is 27.3 Å². The van der Waals surface area contributed by atoms with Crippen molar-refractivity contribution in [2.75, 3.05) is 13.2 Å². The summed E-state index contributed by atoms with van der Waals surface area (Å²) in [6.07, 6.45) is -6.13. The third-order valence-electron chi connectivity index (χ3n) is 3.61. The van der Waals surface area contributed by atoms with E-state index in [0.29, 0.717) is 4.47 Å². The zero-order chi connectivity index (χ0) is 20.3. The molecule has 10 heteroatoms. The predicted molar refractivity (Wildman–Crippen MR) is 95.4 cm³/mol. The fourth-order valence-electron chi connectivity index (χ4n) is 2.13. The molecule has 0 aliphatic heterocycles. The Morgan fingerprint density at radius 2 is 1.85 bits per heavy atom. The van der Waals surface area contributed by atoms with Crippen LogP contribution < -0.4 is 4.72 Å². The van der Waals surface area contributed by atoms with Crippen molar-refractivity contribution in [3.8, 4) is 0 Å². The van der Waals surface area contributed by atoms with Crippen molar-refractivity contribution in [2.24, 2.45) is 0 Å². The summed E-state index contributed by atoms with van der Waals surface area (Å²) in [4.78, 5) is 0. The molecule has 0 heterocycles. The van der Waals surface area contributed by atoms with Gasteiger partial charge in [-0.05, 0) is 45.9 Å². The van der Waals surface area contributed by atoms with Gasteiger partial charge >= 0.3 is 6.18 Å². The van der Waals surface area contributed by atoms with Crippen molar-refractivity contribution < 1.29 is 32.0 Å². The van der Waals surface area contributed by atoms with E-state index >= 15 is 0 Å². The smallest absolute Gasteiger partial charge is 0.411 e. The van der Waals surface area contributed by atoms with Gasteiger partial charge in [0.05, 0.1) is 6.61 Å². The Morgan fingerprint density at radius 1 is 1.27 bits per heavy atom. The molecule has 0 aliphatic rings. The number of halogens is 5. The molecule has 150 valence electrons. The summed E-state index contributed by atoms with van der Waals surface area (Å²) in [6.45, 7) is 3.83. The molecule has 0 saturated carbocycles. The summed E-state index contributed by atoms with van der Waals surface area (Å²) in [5, 5.41) is 9.63. The maximum atomic E-state index is 14.5. The van der Waals surface area contributed by atoms with Crippen molar-refractivity contribution in [1.82, 2.24) is 4.72 Å². The number of alkyl halides is 3. The Hall–Kier alpha value is -0.390. The normalized spacial score (nSPS) is 17.7. The summed E-state index contributed by atoms with van der Waals surface area (Å²) >= 11 is 1.41. The molecule has 3 unspecified atom stereocenters. The Balaban J connectivity index is 3.37. The summed E-state index contributed by atoms with van der Waals surface area (Å²) < 4.78 is 71.9. The van der Waals surface area contributed by atoms with Crippen LogP contribution >= 0.6 is 15.9 Å². The van der Waals surface area contributed by atoms with E-state index in [1.807, 2.05) is 0 Å².